The second kappa shape index (κ2) is 6.51. The Morgan fingerprint density at radius 3 is 2.81 bits per heavy atom. The Balaban J connectivity index is 2.27. The molecule has 1 aromatic carbocycles. The number of hydrogen-bond acceptors (Lipinski definition) is 6. The van der Waals surface area contributed by atoms with E-state index in [2.05, 4.69) is 26.3 Å². The highest BCUT2D eigenvalue weighted by Crippen LogP contribution is 2.23. The van der Waals surface area contributed by atoms with Gasteiger partial charge in [0, 0.05) is 18.1 Å². The topological polar surface area (TPSA) is 97.3 Å². The number of pyridine rings is 1. The maximum absolute atomic E-state index is 10.9. The molecule has 0 radical (unpaired) electrons. The largest absolute Gasteiger partial charge is 0.355 e. The van der Waals surface area contributed by atoms with Crippen LogP contribution in [0.25, 0.3) is 0 Å². The van der Waals surface area contributed by atoms with Gasteiger partial charge in [-0.2, -0.15) is 0 Å². The summed E-state index contributed by atoms with van der Waals surface area (Å²) in [5.41, 5.74) is 3.34. The third-order valence-corrected chi connectivity index (χ3v) is 3.35. The summed E-state index contributed by atoms with van der Waals surface area (Å²) in [6.45, 7) is 0.567. The van der Waals surface area contributed by atoms with Crippen LogP contribution in [0.3, 0.4) is 0 Å². The summed E-state index contributed by atoms with van der Waals surface area (Å²) in [6.07, 6.45) is 0. The molecule has 2 rings (SSSR count). The average Bonchev–Trinajstić information content (AvgIpc) is 2.46. The van der Waals surface area contributed by atoms with Crippen molar-refractivity contribution in [2.45, 2.75) is 6.54 Å². The van der Waals surface area contributed by atoms with Crippen molar-refractivity contribution in [3.8, 4) is 0 Å². The molecule has 8 heteroatoms. The molecule has 0 unspecified atom stereocenters. The number of benzene rings is 1. The van der Waals surface area contributed by atoms with E-state index in [0.29, 0.717) is 12.4 Å². The number of nitrogens with one attached hydrogen (secondary N) is 1. The van der Waals surface area contributed by atoms with Crippen LogP contribution in [0.5, 0.6) is 0 Å². The van der Waals surface area contributed by atoms with E-state index >= 15 is 0 Å². The zero-order valence-corrected chi connectivity index (χ0v) is 12.9. The fourth-order valence-electron chi connectivity index (χ4n) is 1.87. The molecule has 0 spiro atoms. The van der Waals surface area contributed by atoms with Gasteiger partial charge in [-0.1, -0.05) is 28.1 Å². The Bertz CT molecular complexity index is 665. The number of nitrogens with zero attached hydrogens (tertiary/aromatic N) is 3. The minimum absolute atomic E-state index is 0.0611. The van der Waals surface area contributed by atoms with E-state index in [-0.39, 0.29) is 11.5 Å². The van der Waals surface area contributed by atoms with Crippen molar-refractivity contribution in [2.75, 3.05) is 17.4 Å². The molecule has 7 nitrogen and oxygen atoms in total. The normalized spacial score (nSPS) is 10.2. The number of nitrogens with two attached hydrogens (primary N) is 1. The Hall–Kier alpha value is -2.19. The maximum atomic E-state index is 10.9. The first-order chi connectivity index (χ1) is 9.99. The maximum Gasteiger partial charge on any atom is 0.276 e. The van der Waals surface area contributed by atoms with Crippen LogP contribution in [-0.2, 0) is 6.54 Å². The second-order valence-corrected chi connectivity index (χ2v) is 5.37. The Morgan fingerprint density at radius 2 is 2.19 bits per heavy atom. The molecule has 110 valence electrons. The molecule has 0 bridgehead atoms. The zero-order valence-electron chi connectivity index (χ0n) is 11.3. The van der Waals surface area contributed by atoms with Crippen molar-refractivity contribution in [1.82, 2.24) is 4.98 Å². The number of halogens is 1. The number of rotatable bonds is 5. The Morgan fingerprint density at radius 1 is 1.43 bits per heavy atom. The van der Waals surface area contributed by atoms with Gasteiger partial charge in [-0.15, -0.1) is 0 Å². The zero-order chi connectivity index (χ0) is 15.4. The lowest BCUT2D eigenvalue weighted by Crippen LogP contribution is -2.19. The molecular weight excluding hydrogens is 338 g/mol. The van der Waals surface area contributed by atoms with E-state index in [1.54, 1.807) is 0 Å². The molecule has 2 aromatic rings. The fraction of sp³-hybridized carbons (Fsp3) is 0.154. The average molecular weight is 352 g/mol. The molecule has 0 aliphatic heterocycles. The number of hydrogen-bond donors (Lipinski definition) is 2. The smallest absolute Gasteiger partial charge is 0.276 e. The van der Waals surface area contributed by atoms with E-state index < -0.39 is 4.92 Å². The van der Waals surface area contributed by atoms with Gasteiger partial charge in [0.1, 0.15) is 11.6 Å². The van der Waals surface area contributed by atoms with Crippen LogP contribution >= 0.6 is 15.9 Å². The minimum atomic E-state index is -0.473. The fourth-order valence-corrected chi connectivity index (χ4v) is 2.31. The van der Waals surface area contributed by atoms with Crippen LogP contribution in [0, 0.1) is 10.1 Å². The van der Waals surface area contributed by atoms with Crippen molar-refractivity contribution in [3.63, 3.8) is 0 Å². The lowest BCUT2D eigenvalue weighted by molar-refractivity contribution is -0.384. The SMILES string of the molecule is CN(Cc1cccc(Br)c1)c1cc([N+](=O)[O-])cc(NN)n1. The van der Waals surface area contributed by atoms with Gasteiger partial charge in [0.05, 0.1) is 17.1 Å². The van der Waals surface area contributed by atoms with Crippen LogP contribution in [-0.4, -0.2) is 17.0 Å². The molecule has 0 saturated heterocycles. The summed E-state index contributed by atoms with van der Waals surface area (Å²) in [5, 5.41) is 10.9. The Labute approximate surface area is 130 Å². The second-order valence-electron chi connectivity index (χ2n) is 4.46. The van der Waals surface area contributed by atoms with E-state index in [9.17, 15) is 10.1 Å². The summed E-state index contributed by atoms with van der Waals surface area (Å²) < 4.78 is 0.977. The summed E-state index contributed by atoms with van der Waals surface area (Å²) in [7, 11) is 1.81. The molecule has 1 aromatic heterocycles. The predicted octanol–water partition coefficient (Wildman–Crippen LogP) is 2.67. The molecule has 0 amide bonds. The van der Waals surface area contributed by atoms with Gasteiger partial charge in [-0.25, -0.2) is 10.8 Å². The van der Waals surface area contributed by atoms with E-state index in [1.165, 1.54) is 12.1 Å². The van der Waals surface area contributed by atoms with Crippen molar-refractivity contribution in [2.24, 2.45) is 5.84 Å². The van der Waals surface area contributed by atoms with Gasteiger partial charge in [0.2, 0.25) is 0 Å². The van der Waals surface area contributed by atoms with Gasteiger partial charge in [0.25, 0.3) is 5.69 Å². The summed E-state index contributed by atoms with van der Waals surface area (Å²) in [5.74, 6) is 6.02. The molecule has 0 fully saturated rings. The first kappa shape index (κ1) is 15.2. The molecule has 1 heterocycles. The number of hydrazine groups is 1. The first-order valence-corrected chi connectivity index (χ1v) is 6.87. The lowest BCUT2D eigenvalue weighted by atomic mass is 10.2. The number of aromatic nitrogens is 1. The summed E-state index contributed by atoms with van der Waals surface area (Å²) >= 11 is 3.41. The highest BCUT2D eigenvalue weighted by atomic mass is 79.9. The van der Waals surface area contributed by atoms with Crippen LogP contribution in [0.1, 0.15) is 5.56 Å². The van der Waals surface area contributed by atoms with E-state index in [1.807, 2.05) is 36.2 Å². The highest BCUT2D eigenvalue weighted by molar-refractivity contribution is 9.10. The number of anilines is 2. The van der Waals surface area contributed by atoms with Gasteiger partial charge in [-0.3, -0.25) is 10.1 Å². The first-order valence-electron chi connectivity index (χ1n) is 6.08. The third-order valence-electron chi connectivity index (χ3n) is 2.86. The molecule has 3 N–H and O–H groups in total. The van der Waals surface area contributed by atoms with Gasteiger partial charge < -0.3 is 10.3 Å². The molecule has 21 heavy (non-hydrogen) atoms. The van der Waals surface area contributed by atoms with E-state index in [0.717, 1.165) is 10.0 Å². The van der Waals surface area contributed by atoms with Crippen molar-refractivity contribution in [3.05, 3.63) is 56.5 Å². The summed E-state index contributed by atoms with van der Waals surface area (Å²) in [4.78, 5) is 16.5. The van der Waals surface area contributed by atoms with Crippen LogP contribution in [0.4, 0.5) is 17.3 Å². The molecule has 0 aliphatic rings. The number of nitro groups is 1. The lowest BCUT2D eigenvalue weighted by Gasteiger charge is -2.19. The quantitative estimate of drug-likeness (QED) is 0.488. The molecule has 0 saturated carbocycles. The number of nitrogen functional groups attached to an aromatic ring is 1. The minimum Gasteiger partial charge on any atom is -0.355 e. The third kappa shape index (κ3) is 3.89. The summed E-state index contributed by atoms with van der Waals surface area (Å²) in [6, 6.07) is 10.5. The molecule has 0 atom stereocenters. The van der Waals surface area contributed by atoms with Crippen molar-refractivity contribution < 1.29 is 4.92 Å². The molecular formula is C13H14BrN5O2. The monoisotopic (exact) mass is 351 g/mol. The standard InChI is InChI=1S/C13H14BrN5O2/c1-18(8-9-3-2-4-10(14)5-9)13-7-11(19(20)21)6-12(16-13)17-15/h2-7H,8,15H2,1H3,(H,16,17). The van der Waals surface area contributed by atoms with Gasteiger partial charge in [-0.05, 0) is 17.7 Å². The van der Waals surface area contributed by atoms with Crippen LogP contribution in [0.15, 0.2) is 40.9 Å². The Kier molecular flexibility index (Phi) is 4.71. The van der Waals surface area contributed by atoms with Crippen molar-refractivity contribution in [1.29, 1.82) is 0 Å². The molecule has 0 aliphatic carbocycles. The van der Waals surface area contributed by atoms with Gasteiger partial charge >= 0.3 is 0 Å². The predicted molar refractivity (Wildman–Crippen MR) is 85.0 cm³/mol. The van der Waals surface area contributed by atoms with Crippen molar-refractivity contribution >= 4 is 33.3 Å². The van der Waals surface area contributed by atoms with Crippen LogP contribution < -0.4 is 16.2 Å². The van der Waals surface area contributed by atoms with Gasteiger partial charge in [0.15, 0.2) is 0 Å². The highest BCUT2D eigenvalue weighted by Gasteiger charge is 2.13. The van der Waals surface area contributed by atoms with E-state index in [4.69, 9.17) is 5.84 Å². The van der Waals surface area contributed by atoms with Crippen LogP contribution in [0.2, 0.25) is 0 Å².